The normalized spacial score (nSPS) is 17.8. The molecular weight excluding hydrogens is 252 g/mol. The summed E-state index contributed by atoms with van der Waals surface area (Å²) in [5.41, 5.74) is 8.73. The monoisotopic (exact) mass is 272 g/mol. The van der Waals surface area contributed by atoms with Gasteiger partial charge in [0.1, 0.15) is 5.01 Å². The van der Waals surface area contributed by atoms with Gasteiger partial charge >= 0.3 is 0 Å². The van der Waals surface area contributed by atoms with Crippen LogP contribution in [0.25, 0.3) is 11.3 Å². The molecule has 0 amide bonds. The van der Waals surface area contributed by atoms with Gasteiger partial charge in [0.25, 0.3) is 0 Å². The molecule has 3 heteroatoms. The summed E-state index contributed by atoms with van der Waals surface area (Å²) in [6, 6.07) is 10.5. The van der Waals surface area contributed by atoms with Crippen LogP contribution >= 0.6 is 11.3 Å². The highest BCUT2D eigenvalue weighted by molar-refractivity contribution is 7.12. The van der Waals surface area contributed by atoms with Gasteiger partial charge in [0.05, 0.1) is 11.2 Å². The second-order valence-corrected chi connectivity index (χ2v) is 6.46. The van der Waals surface area contributed by atoms with Crippen molar-refractivity contribution >= 4 is 11.3 Å². The van der Waals surface area contributed by atoms with Gasteiger partial charge in [-0.2, -0.15) is 0 Å². The number of rotatable bonds is 3. The van der Waals surface area contributed by atoms with Crippen molar-refractivity contribution in [2.24, 2.45) is 5.73 Å². The molecule has 0 unspecified atom stereocenters. The molecular formula is C16H20N2S. The average Bonchev–Trinajstić information content (AvgIpc) is 3.06. The van der Waals surface area contributed by atoms with Gasteiger partial charge in [-0.25, -0.2) is 4.98 Å². The molecule has 1 saturated carbocycles. The van der Waals surface area contributed by atoms with Crippen LogP contribution in [-0.4, -0.2) is 4.98 Å². The fourth-order valence-electron chi connectivity index (χ4n) is 2.85. The highest BCUT2D eigenvalue weighted by Crippen LogP contribution is 2.41. The van der Waals surface area contributed by atoms with Crippen LogP contribution in [0.2, 0.25) is 0 Å². The lowest BCUT2D eigenvalue weighted by Gasteiger charge is -2.19. The van der Waals surface area contributed by atoms with E-state index in [0.29, 0.717) is 0 Å². The van der Waals surface area contributed by atoms with Gasteiger partial charge in [-0.15, -0.1) is 11.3 Å². The average molecular weight is 272 g/mol. The van der Waals surface area contributed by atoms with Crippen molar-refractivity contribution in [1.82, 2.24) is 4.98 Å². The summed E-state index contributed by atoms with van der Waals surface area (Å²) in [6.45, 7) is 2.20. The predicted molar refractivity (Wildman–Crippen MR) is 81.3 cm³/mol. The van der Waals surface area contributed by atoms with Crippen LogP contribution in [-0.2, 0) is 12.0 Å². The molecule has 1 aromatic carbocycles. The Balaban J connectivity index is 2.04. The van der Waals surface area contributed by atoms with Crippen LogP contribution in [0.15, 0.2) is 30.3 Å². The van der Waals surface area contributed by atoms with E-state index in [1.54, 1.807) is 0 Å². The fraction of sp³-hybridized carbons (Fsp3) is 0.438. The zero-order chi connectivity index (χ0) is 13.3. The molecule has 0 aliphatic heterocycles. The maximum Gasteiger partial charge on any atom is 0.113 e. The van der Waals surface area contributed by atoms with Crippen molar-refractivity contribution in [3.63, 3.8) is 0 Å². The molecule has 100 valence electrons. The highest BCUT2D eigenvalue weighted by Gasteiger charge is 2.35. The first kappa shape index (κ1) is 12.8. The maximum absolute atomic E-state index is 6.54. The molecule has 0 spiro atoms. The number of hydrogen-bond donors (Lipinski definition) is 1. The van der Waals surface area contributed by atoms with Crippen LogP contribution in [0, 0.1) is 0 Å². The Labute approximate surface area is 118 Å². The smallest absolute Gasteiger partial charge is 0.113 e. The summed E-state index contributed by atoms with van der Waals surface area (Å²) in [4.78, 5) is 6.26. The molecule has 0 saturated heterocycles. The molecule has 1 aliphatic carbocycles. The van der Waals surface area contributed by atoms with Crippen molar-refractivity contribution in [1.29, 1.82) is 0 Å². The Bertz CT molecular complexity index is 553. The van der Waals surface area contributed by atoms with Crippen LogP contribution in [0.4, 0.5) is 0 Å². The van der Waals surface area contributed by atoms with E-state index in [9.17, 15) is 0 Å². The Kier molecular flexibility index (Phi) is 3.42. The van der Waals surface area contributed by atoms with Crippen LogP contribution < -0.4 is 5.73 Å². The number of aryl methyl sites for hydroxylation is 1. The van der Waals surface area contributed by atoms with Crippen molar-refractivity contribution in [3.8, 4) is 11.3 Å². The highest BCUT2D eigenvalue weighted by atomic mass is 32.1. The summed E-state index contributed by atoms with van der Waals surface area (Å²) in [5, 5.41) is 1.14. The topological polar surface area (TPSA) is 38.9 Å². The van der Waals surface area contributed by atoms with Gasteiger partial charge in [-0.05, 0) is 19.3 Å². The van der Waals surface area contributed by atoms with Gasteiger partial charge in [0, 0.05) is 10.4 Å². The molecule has 2 aromatic rings. The third kappa shape index (κ3) is 2.33. The van der Waals surface area contributed by atoms with Gasteiger partial charge in [0.2, 0.25) is 0 Å². The van der Waals surface area contributed by atoms with E-state index in [-0.39, 0.29) is 5.54 Å². The standard InChI is InChI=1S/C16H20N2S/c1-2-13-14(12-8-4-3-5-9-12)18-15(19-13)16(17)10-6-7-11-16/h3-5,8-9H,2,6-7,10-11,17H2,1H3. The van der Waals surface area contributed by atoms with E-state index in [1.165, 1.54) is 23.3 Å². The molecule has 1 fully saturated rings. The van der Waals surface area contributed by atoms with Crippen molar-refractivity contribution in [3.05, 3.63) is 40.2 Å². The Morgan fingerprint density at radius 3 is 2.53 bits per heavy atom. The number of nitrogens with two attached hydrogens (primary N) is 1. The second kappa shape index (κ2) is 5.06. The van der Waals surface area contributed by atoms with Crippen LogP contribution in [0.1, 0.15) is 42.5 Å². The third-order valence-corrected chi connectivity index (χ3v) is 5.41. The van der Waals surface area contributed by atoms with Gasteiger partial charge in [0.15, 0.2) is 0 Å². The lowest BCUT2D eigenvalue weighted by Crippen LogP contribution is -2.32. The first-order valence-corrected chi connectivity index (χ1v) is 7.89. The Morgan fingerprint density at radius 1 is 1.21 bits per heavy atom. The number of nitrogens with zero attached hydrogens (tertiary/aromatic N) is 1. The van der Waals surface area contributed by atoms with E-state index < -0.39 is 0 Å². The molecule has 0 bridgehead atoms. The van der Waals surface area contributed by atoms with Gasteiger partial charge in [-0.3, -0.25) is 0 Å². The summed E-state index contributed by atoms with van der Waals surface area (Å²) in [7, 11) is 0. The first-order chi connectivity index (χ1) is 9.23. The molecule has 2 N–H and O–H groups in total. The van der Waals surface area contributed by atoms with E-state index in [2.05, 4.69) is 31.2 Å². The molecule has 3 rings (SSSR count). The molecule has 1 heterocycles. The quantitative estimate of drug-likeness (QED) is 0.913. The molecule has 0 atom stereocenters. The SMILES string of the molecule is CCc1sc(C2(N)CCCC2)nc1-c1ccccc1. The van der Waals surface area contributed by atoms with E-state index in [1.807, 2.05) is 17.4 Å². The Morgan fingerprint density at radius 2 is 1.89 bits per heavy atom. The molecule has 2 nitrogen and oxygen atoms in total. The van der Waals surface area contributed by atoms with E-state index in [0.717, 1.165) is 30.0 Å². The first-order valence-electron chi connectivity index (χ1n) is 7.07. The van der Waals surface area contributed by atoms with Crippen molar-refractivity contribution in [2.45, 2.75) is 44.6 Å². The van der Waals surface area contributed by atoms with Crippen LogP contribution in [0.5, 0.6) is 0 Å². The number of thiazole rings is 1. The molecule has 1 aromatic heterocycles. The lowest BCUT2D eigenvalue weighted by molar-refractivity contribution is 0.459. The van der Waals surface area contributed by atoms with E-state index in [4.69, 9.17) is 10.7 Å². The third-order valence-electron chi connectivity index (χ3n) is 3.99. The number of hydrogen-bond acceptors (Lipinski definition) is 3. The van der Waals surface area contributed by atoms with Crippen molar-refractivity contribution < 1.29 is 0 Å². The molecule has 19 heavy (non-hydrogen) atoms. The molecule has 0 radical (unpaired) electrons. The van der Waals surface area contributed by atoms with Gasteiger partial charge in [-0.1, -0.05) is 50.1 Å². The zero-order valence-electron chi connectivity index (χ0n) is 11.4. The predicted octanol–water partition coefficient (Wildman–Crippen LogP) is 4.10. The fourth-order valence-corrected chi connectivity index (χ4v) is 4.03. The summed E-state index contributed by atoms with van der Waals surface area (Å²) >= 11 is 1.81. The number of benzene rings is 1. The largest absolute Gasteiger partial charge is 0.319 e. The van der Waals surface area contributed by atoms with E-state index >= 15 is 0 Å². The maximum atomic E-state index is 6.54. The number of aromatic nitrogens is 1. The summed E-state index contributed by atoms with van der Waals surface area (Å²) in [6.07, 6.45) is 5.66. The van der Waals surface area contributed by atoms with Gasteiger partial charge < -0.3 is 5.73 Å². The molecule has 1 aliphatic rings. The summed E-state index contributed by atoms with van der Waals surface area (Å²) < 4.78 is 0. The zero-order valence-corrected chi connectivity index (χ0v) is 12.2. The minimum atomic E-state index is -0.165. The minimum Gasteiger partial charge on any atom is -0.319 e. The minimum absolute atomic E-state index is 0.165. The Hall–Kier alpha value is -1.19. The summed E-state index contributed by atoms with van der Waals surface area (Å²) in [5.74, 6) is 0. The van der Waals surface area contributed by atoms with Crippen molar-refractivity contribution in [2.75, 3.05) is 0 Å². The van der Waals surface area contributed by atoms with Crippen LogP contribution in [0.3, 0.4) is 0 Å². The lowest BCUT2D eigenvalue weighted by atomic mass is 10.0. The second-order valence-electron chi connectivity index (χ2n) is 5.37.